The van der Waals surface area contributed by atoms with Gasteiger partial charge in [0.15, 0.2) is 0 Å². The summed E-state index contributed by atoms with van der Waals surface area (Å²) in [6, 6.07) is 20.6. The predicted octanol–water partition coefficient (Wildman–Crippen LogP) is 7.13. The molecular weight excluding hydrogens is 488 g/mol. The second-order valence-electron chi connectivity index (χ2n) is 10.1. The molecule has 0 spiro atoms. The fourth-order valence-electron chi connectivity index (χ4n) is 4.56. The van der Waals surface area contributed by atoms with E-state index >= 15 is 0 Å². The standard InChI is InChI=1S/C30H25ClN2O4/c1-16-22-13-19(31)9-12-24(22)36-27(16)29(34)35-20-10-11-21-25(14-20)37-28(33)23(15-32)26(21)17-5-7-18(8-6-17)30(2,3)4/h5-14,26H,33H2,1-4H3. The molecule has 5 rings (SSSR count). The SMILES string of the molecule is Cc1c(C(=O)Oc2ccc3c(c2)OC(N)=C(C#N)C3c2ccc(C(C)(C)C)cc2)oc2ccc(Cl)cc12. The second-order valence-corrected chi connectivity index (χ2v) is 10.5. The van der Waals surface area contributed by atoms with E-state index in [1.807, 2.05) is 12.1 Å². The second kappa shape index (κ2) is 9.02. The number of halogens is 1. The summed E-state index contributed by atoms with van der Waals surface area (Å²) in [4.78, 5) is 13.0. The van der Waals surface area contributed by atoms with Crippen LogP contribution in [-0.4, -0.2) is 5.97 Å². The fraction of sp³-hybridized carbons (Fsp3) is 0.200. The van der Waals surface area contributed by atoms with Crippen LogP contribution >= 0.6 is 11.6 Å². The Bertz CT molecular complexity index is 1620. The predicted molar refractivity (Wildman–Crippen MR) is 142 cm³/mol. The number of furan rings is 1. The van der Waals surface area contributed by atoms with Gasteiger partial charge in [0.25, 0.3) is 0 Å². The van der Waals surface area contributed by atoms with Gasteiger partial charge < -0.3 is 19.6 Å². The van der Waals surface area contributed by atoms with Crippen LogP contribution in [0.1, 0.15) is 59.5 Å². The Kier molecular flexibility index (Phi) is 5.97. The van der Waals surface area contributed by atoms with Crippen LogP contribution in [0.3, 0.4) is 0 Å². The smallest absolute Gasteiger partial charge is 0.379 e. The minimum atomic E-state index is -0.642. The lowest BCUT2D eigenvalue weighted by Crippen LogP contribution is -2.21. The van der Waals surface area contributed by atoms with Gasteiger partial charge in [-0.2, -0.15) is 5.26 Å². The van der Waals surface area contributed by atoms with Crippen molar-refractivity contribution in [2.75, 3.05) is 0 Å². The Hall–Kier alpha value is -4.21. The average Bonchev–Trinajstić information content (AvgIpc) is 3.18. The first kappa shape index (κ1) is 24.5. The molecule has 7 heteroatoms. The van der Waals surface area contributed by atoms with Crippen LogP contribution in [0.4, 0.5) is 0 Å². The van der Waals surface area contributed by atoms with Gasteiger partial charge in [0.2, 0.25) is 11.6 Å². The minimum Gasteiger partial charge on any atom is -0.449 e. The molecule has 0 saturated heterocycles. The summed E-state index contributed by atoms with van der Waals surface area (Å²) in [5.74, 6) is -0.255. The van der Waals surface area contributed by atoms with E-state index in [0.717, 1.165) is 16.5 Å². The summed E-state index contributed by atoms with van der Waals surface area (Å²) >= 11 is 6.09. The maximum atomic E-state index is 13.0. The number of rotatable bonds is 3. The molecule has 0 bridgehead atoms. The van der Waals surface area contributed by atoms with Crippen molar-refractivity contribution in [1.29, 1.82) is 5.26 Å². The first-order chi connectivity index (χ1) is 17.6. The number of benzene rings is 3. The first-order valence-electron chi connectivity index (χ1n) is 11.8. The molecule has 2 N–H and O–H groups in total. The van der Waals surface area contributed by atoms with Crippen LogP contribution in [0.15, 0.2) is 76.5 Å². The number of fused-ring (bicyclic) bond motifs is 2. The van der Waals surface area contributed by atoms with Crippen molar-refractivity contribution in [3.05, 3.63) is 105 Å². The van der Waals surface area contributed by atoms with E-state index in [9.17, 15) is 10.1 Å². The maximum Gasteiger partial charge on any atom is 0.379 e. The largest absolute Gasteiger partial charge is 0.449 e. The first-order valence-corrected chi connectivity index (χ1v) is 12.2. The number of aryl methyl sites for hydroxylation is 1. The molecular formula is C30H25ClN2O4. The quantitative estimate of drug-likeness (QED) is 0.231. The molecule has 1 aromatic heterocycles. The van der Waals surface area contributed by atoms with Crippen molar-refractivity contribution >= 4 is 28.5 Å². The maximum absolute atomic E-state index is 13.0. The summed E-state index contributed by atoms with van der Waals surface area (Å²) < 4.78 is 17.1. The summed E-state index contributed by atoms with van der Waals surface area (Å²) in [5, 5.41) is 11.1. The molecule has 1 aliphatic heterocycles. The normalized spacial score (nSPS) is 15.2. The van der Waals surface area contributed by atoms with E-state index in [-0.39, 0.29) is 22.8 Å². The van der Waals surface area contributed by atoms with Crippen molar-refractivity contribution in [2.24, 2.45) is 5.73 Å². The van der Waals surface area contributed by atoms with Crippen molar-refractivity contribution in [3.8, 4) is 17.6 Å². The van der Waals surface area contributed by atoms with Crippen molar-refractivity contribution < 1.29 is 18.7 Å². The number of hydrogen-bond donors (Lipinski definition) is 1. The van der Waals surface area contributed by atoms with Gasteiger partial charge in [-0.25, -0.2) is 4.79 Å². The van der Waals surface area contributed by atoms with E-state index in [4.69, 9.17) is 31.2 Å². The van der Waals surface area contributed by atoms with E-state index < -0.39 is 11.9 Å². The molecule has 3 aromatic carbocycles. The highest BCUT2D eigenvalue weighted by molar-refractivity contribution is 6.31. The molecule has 0 aliphatic carbocycles. The van der Waals surface area contributed by atoms with Crippen molar-refractivity contribution in [1.82, 2.24) is 0 Å². The Labute approximate surface area is 219 Å². The number of ether oxygens (including phenoxy) is 2. The zero-order chi connectivity index (χ0) is 26.5. The highest BCUT2D eigenvalue weighted by Crippen LogP contribution is 2.44. The summed E-state index contributed by atoms with van der Waals surface area (Å²) in [7, 11) is 0. The van der Waals surface area contributed by atoms with Crippen LogP contribution in [-0.2, 0) is 5.41 Å². The Balaban J connectivity index is 1.48. The topological polar surface area (TPSA) is 98.5 Å². The fourth-order valence-corrected chi connectivity index (χ4v) is 4.73. The number of allylic oxidation sites excluding steroid dienone is 1. The van der Waals surface area contributed by atoms with E-state index in [1.54, 1.807) is 43.3 Å². The molecule has 37 heavy (non-hydrogen) atoms. The number of carbonyl (C=O) groups excluding carboxylic acids is 1. The third-order valence-electron chi connectivity index (χ3n) is 6.59. The van der Waals surface area contributed by atoms with E-state index in [2.05, 4.69) is 39.0 Å². The molecule has 0 amide bonds. The van der Waals surface area contributed by atoms with Gasteiger partial charge in [0, 0.05) is 27.6 Å². The summed E-state index contributed by atoms with van der Waals surface area (Å²) in [6.45, 7) is 8.22. The molecule has 1 aliphatic rings. The highest BCUT2D eigenvalue weighted by Gasteiger charge is 2.31. The Morgan fingerprint density at radius 3 is 2.49 bits per heavy atom. The molecule has 4 aromatic rings. The lowest BCUT2D eigenvalue weighted by atomic mass is 9.81. The van der Waals surface area contributed by atoms with Gasteiger partial charge in [-0.1, -0.05) is 62.7 Å². The number of nitrogens with two attached hydrogens (primary N) is 1. The lowest BCUT2D eigenvalue weighted by molar-refractivity contribution is 0.0702. The monoisotopic (exact) mass is 512 g/mol. The minimum absolute atomic E-state index is 0.00225. The summed E-state index contributed by atoms with van der Waals surface area (Å²) in [6.07, 6.45) is 0. The number of nitriles is 1. The van der Waals surface area contributed by atoms with Gasteiger partial charge in [-0.3, -0.25) is 0 Å². The van der Waals surface area contributed by atoms with Crippen LogP contribution < -0.4 is 15.2 Å². The van der Waals surface area contributed by atoms with E-state index in [0.29, 0.717) is 27.5 Å². The van der Waals surface area contributed by atoms with Crippen LogP contribution in [0.5, 0.6) is 11.5 Å². The highest BCUT2D eigenvalue weighted by atomic mass is 35.5. The van der Waals surface area contributed by atoms with Crippen LogP contribution in [0.25, 0.3) is 11.0 Å². The Morgan fingerprint density at radius 1 is 1.08 bits per heavy atom. The molecule has 0 fully saturated rings. The molecule has 1 unspecified atom stereocenters. The van der Waals surface area contributed by atoms with Crippen molar-refractivity contribution in [3.63, 3.8) is 0 Å². The number of nitrogens with zero attached hydrogens (tertiary/aromatic N) is 1. The molecule has 2 heterocycles. The molecule has 6 nitrogen and oxygen atoms in total. The van der Waals surface area contributed by atoms with Gasteiger partial charge in [-0.05, 0) is 47.7 Å². The summed E-state index contributed by atoms with van der Waals surface area (Å²) in [5.41, 5.74) is 10.5. The Morgan fingerprint density at radius 2 is 1.81 bits per heavy atom. The van der Waals surface area contributed by atoms with Crippen LogP contribution in [0, 0.1) is 18.3 Å². The van der Waals surface area contributed by atoms with Gasteiger partial charge in [0.05, 0.1) is 5.92 Å². The average molecular weight is 513 g/mol. The third kappa shape index (κ3) is 4.43. The number of esters is 1. The zero-order valence-electron chi connectivity index (χ0n) is 20.9. The zero-order valence-corrected chi connectivity index (χ0v) is 21.6. The van der Waals surface area contributed by atoms with E-state index in [1.165, 1.54) is 5.56 Å². The van der Waals surface area contributed by atoms with Gasteiger partial charge in [0.1, 0.15) is 28.7 Å². The molecule has 0 saturated carbocycles. The number of carbonyl (C=O) groups is 1. The van der Waals surface area contributed by atoms with Gasteiger partial charge in [-0.15, -0.1) is 0 Å². The van der Waals surface area contributed by atoms with Gasteiger partial charge >= 0.3 is 5.97 Å². The van der Waals surface area contributed by atoms with Crippen LogP contribution in [0.2, 0.25) is 5.02 Å². The molecule has 1 atom stereocenters. The lowest BCUT2D eigenvalue weighted by Gasteiger charge is -2.27. The third-order valence-corrected chi connectivity index (χ3v) is 6.83. The molecule has 0 radical (unpaired) electrons. The van der Waals surface area contributed by atoms with Crippen molar-refractivity contribution in [2.45, 2.75) is 39.0 Å². The number of hydrogen-bond acceptors (Lipinski definition) is 6. The molecule has 186 valence electrons.